The number of fused-ring (bicyclic) bond motifs is 1. The van der Waals surface area contributed by atoms with Crippen molar-refractivity contribution >= 4 is 16.5 Å². The van der Waals surface area contributed by atoms with Gasteiger partial charge in [0.1, 0.15) is 0 Å². The van der Waals surface area contributed by atoms with Gasteiger partial charge in [-0.3, -0.25) is 4.98 Å². The van der Waals surface area contributed by atoms with Crippen LogP contribution in [0.2, 0.25) is 0 Å². The quantitative estimate of drug-likeness (QED) is 0.398. The predicted molar refractivity (Wildman–Crippen MR) is 83.8 cm³/mol. The van der Waals surface area contributed by atoms with Crippen molar-refractivity contribution in [3.63, 3.8) is 0 Å². The molecule has 21 heavy (non-hydrogen) atoms. The Kier molecular flexibility index (Phi) is 5.22. The molecule has 0 aliphatic carbocycles. The van der Waals surface area contributed by atoms with Gasteiger partial charge < -0.3 is 4.99 Å². The molecular weight excluding hydrogens is 251 g/mol. The third kappa shape index (κ3) is 3.55. The van der Waals surface area contributed by atoms with Crippen LogP contribution in [0.5, 0.6) is 0 Å². The zero-order valence-corrected chi connectivity index (χ0v) is 12.3. The Hall–Kier alpha value is -2.01. The first-order valence-electron chi connectivity index (χ1n) is 6.60. The first kappa shape index (κ1) is 15.4. The third-order valence-electron chi connectivity index (χ3n) is 3.29. The molecule has 3 heteroatoms. The molecule has 0 bridgehead atoms. The van der Waals surface area contributed by atoms with Gasteiger partial charge in [-0.1, -0.05) is 55.9 Å². The summed E-state index contributed by atoms with van der Waals surface area (Å²) in [5, 5.41) is 2.47. The Balaban J connectivity index is 0.00000161. The van der Waals surface area contributed by atoms with Crippen molar-refractivity contribution in [2.45, 2.75) is 6.92 Å². The Morgan fingerprint density at radius 3 is 2.48 bits per heavy atom. The molecule has 0 N–H and O–H groups in total. The van der Waals surface area contributed by atoms with E-state index in [1.165, 1.54) is 16.3 Å². The maximum atomic E-state index is 4.58. The van der Waals surface area contributed by atoms with E-state index in [0.29, 0.717) is 0 Å². The molecule has 3 aromatic rings. The van der Waals surface area contributed by atoms with E-state index in [0.717, 1.165) is 11.3 Å². The van der Waals surface area contributed by atoms with Gasteiger partial charge in [0.2, 0.25) is 0 Å². The van der Waals surface area contributed by atoms with Crippen LogP contribution in [-0.2, 0) is 0 Å². The molecule has 0 fully saturated rings. The number of rotatable bonds is 3. The first-order valence-corrected chi connectivity index (χ1v) is 6.60. The monoisotopic (exact) mass is 266 g/mol. The van der Waals surface area contributed by atoms with E-state index in [1.54, 1.807) is 12.4 Å². The Labute approximate surface area is 137 Å². The average molecular weight is 266 g/mol. The molecule has 0 radical (unpaired) electrons. The summed E-state index contributed by atoms with van der Waals surface area (Å²) in [6.07, 6.45) is 3.54. The zero-order valence-electron chi connectivity index (χ0n) is 12.3. The summed E-state index contributed by atoms with van der Waals surface area (Å²) in [5.41, 5.74) is 3.24. The summed E-state index contributed by atoms with van der Waals surface area (Å²) in [7, 11) is 0. The SMILES string of the molecule is CC(=N[CH-]c1ccncc1)c1cccc2ccccc12.[Li+]. The second-order valence-electron chi connectivity index (χ2n) is 4.65. The van der Waals surface area contributed by atoms with Gasteiger partial charge in [0, 0.05) is 0 Å². The summed E-state index contributed by atoms with van der Waals surface area (Å²) in [5.74, 6) is 0. The van der Waals surface area contributed by atoms with Crippen LogP contribution in [0, 0.1) is 6.54 Å². The fourth-order valence-electron chi connectivity index (χ4n) is 2.23. The minimum atomic E-state index is 0. The topological polar surface area (TPSA) is 25.2 Å². The molecule has 0 saturated carbocycles. The minimum Gasteiger partial charge on any atom is -0.355 e. The van der Waals surface area contributed by atoms with Gasteiger partial charge in [-0.15, -0.1) is 17.7 Å². The number of hydrogen-bond donors (Lipinski definition) is 0. The van der Waals surface area contributed by atoms with E-state index in [9.17, 15) is 0 Å². The van der Waals surface area contributed by atoms with E-state index < -0.39 is 0 Å². The molecule has 1 heterocycles. The molecule has 0 aliphatic rings. The van der Waals surface area contributed by atoms with Gasteiger partial charge in [0.25, 0.3) is 0 Å². The summed E-state index contributed by atoms with van der Waals surface area (Å²) in [4.78, 5) is 8.58. The van der Waals surface area contributed by atoms with E-state index in [4.69, 9.17) is 0 Å². The molecule has 0 unspecified atom stereocenters. The van der Waals surface area contributed by atoms with Crippen molar-refractivity contribution in [3.05, 3.63) is 84.7 Å². The molecule has 1 aromatic heterocycles. The molecule has 2 aromatic carbocycles. The first-order chi connectivity index (χ1) is 9.84. The fourth-order valence-corrected chi connectivity index (χ4v) is 2.23. The smallest absolute Gasteiger partial charge is 0.355 e. The summed E-state index contributed by atoms with van der Waals surface area (Å²) < 4.78 is 0. The standard InChI is InChI=1S/C18H15N2.Li/c1-14(20-13-15-9-11-19-12-10-15)17-8-4-6-16-5-2-3-7-18(16)17;/h2-13H,1H3;/q-1;+1. The number of aliphatic imine (C=N–C) groups is 1. The van der Waals surface area contributed by atoms with Crippen molar-refractivity contribution in [2.24, 2.45) is 4.99 Å². The van der Waals surface area contributed by atoms with Crippen LogP contribution in [-0.4, -0.2) is 10.7 Å². The number of benzene rings is 2. The van der Waals surface area contributed by atoms with E-state index in [-0.39, 0.29) is 18.9 Å². The third-order valence-corrected chi connectivity index (χ3v) is 3.29. The van der Waals surface area contributed by atoms with Gasteiger partial charge in [0.05, 0.1) is 0 Å². The molecular formula is C18H15LiN2. The van der Waals surface area contributed by atoms with E-state index in [1.807, 2.05) is 25.6 Å². The average Bonchev–Trinajstić information content (AvgIpc) is 2.53. The van der Waals surface area contributed by atoms with E-state index >= 15 is 0 Å². The Bertz CT molecular complexity index is 746. The van der Waals surface area contributed by atoms with Crippen LogP contribution in [0.15, 0.2) is 72.0 Å². The van der Waals surface area contributed by atoms with Gasteiger partial charge >= 0.3 is 18.9 Å². The summed E-state index contributed by atoms with van der Waals surface area (Å²) in [6.45, 7) is 3.91. The number of pyridine rings is 1. The molecule has 3 rings (SSSR count). The summed E-state index contributed by atoms with van der Waals surface area (Å²) >= 11 is 0. The second-order valence-corrected chi connectivity index (χ2v) is 4.65. The molecule has 98 valence electrons. The number of nitrogens with zero attached hydrogens (tertiary/aromatic N) is 2. The van der Waals surface area contributed by atoms with Crippen molar-refractivity contribution in [1.29, 1.82) is 0 Å². The van der Waals surface area contributed by atoms with Crippen LogP contribution >= 0.6 is 0 Å². The fraction of sp³-hybridized carbons (Fsp3) is 0.0556. The van der Waals surface area contributed by atoms with Crippen molar-refractivity contribution in [3.8, 4) is 0 Å². The Morgan fingerprint density at radius 2 is 1.67 bits per heavy atom. The van der Waals surface area contributed by atoms with Gasteiger partial charge in [0.15, 0.2) is 0 Å². The molecule has 0 spiro atoms. The normalized spacial score (nSPS) is 11.0. The molecule has 0 saturated heterocycles. The number of aromatic nitrogens is 1. The summed E-state index contributed by atoms with van der Waals surface area (Å²) in [6, 6.07) is 18.6. The molecule has 0 atom stereocenters. The van der Waals surface area contributed by atoms with Crippen LogP contribution in [0.4, 0.5) is 0 Å². The molecule has 0 amide bonds. The van der Waals surface area contributed by atoms with Crippen LogP contribution < -0.4 is 18.9 Å². The van der Waals surface area contributed by atoms with Crippen molar-refractivity contribution in [2.75, 3.05) is 0 Å². The zero-order chi connectivity index (χ0) is 13.8. The second kappa shape index (κ2) is 7.13. The Morgan fingerprint density at radius 1 is 0.952 bits per heavy atom. The van der Waals surface area contributed by atoms with E-state index in [2.05, 4.69) is 52.4 Å². The largest absolute Gasteiger partial charge is 1.00 e. The number of hydrogen-bond acceptors (Lipinski definition) is 2. The van der Waals surface area contributed by atoms with Gasteiger partial charge in [-0.25, -0.2) is 0 Å². The van der Waals surface area contributed by atoms with Crippen LogP contribution in [0.3, 0.4) is 0 Å². The van der Waals surface area contributed by atoms with Crippen LogP contribution in [0.25, 0.3) is 10.8 Å². The predicted octanol–water partition coefficient (Wildman–Crippen LogP) is 1.26. The minimum absolute atomic E-state index is 0. The maximum absolute atomic E-state index is 4.58. The molecule has 2 nitrogen and oxygen atoms in total. The maximum Gasteiger partial charge on any atom is 1.00 e. The van der Waals surface area contributed by atoms with Crippen molar-refractivity contribution < 1.29 is 18.9 Å². The van der Waals surface area contributed by atoms with Crippen LogP contribution in [0.1, 0.15) is 18.1 Å². The van der Waals surface area contributed by atoms with Gasteiger partial charge in [-0.2, -0.15) is 0 Å². The molecule has 0 aliphatic heterocycles. The van der Waals surface area contributed by atoms with Gasteiger partial charge in [-0.05, 0) is 34.4 Å². The van der Waals surface area contributed by atoms with Crippen molar-refractivity contribution in [1.82, 2.24) is 4.98 Å².